The molecule has 4 N–H and O–H groups in total. The van der Waals surface area contributed by atoms with Crippen LogP contribution < -0.4 is 10.6 Å². The van der Waals surface area contributed by atoms with Gasteiger partial charge in [-0.1, -0.05) is 59.6 Å². The second-order valence-corrected chi connectivity index (χ2v) is 14.6. The molecule has 2 aliphatic heterocycles. The molecule has 2 saturated heterocycles. The van der Waals surface area contributed by atoms with Crippen molar-refractivity contribution < 1.29 is 28.7 Å². The summed E-state index contributed by atoms with van der Waals surface area (Å²) in [6.07, 6.45) is 3.67. The number of amides is 4. The highest BCUT2D eigenvalue weighted by Gasteiger charge is 2.41. The average molecular weight is 715 g/mol. The van der Waals surface area contributed by atoms with E-state index < -0.39 is 24.3 Å². The summed E-state index contributed by atoms with van der Waals surface area (Å²) in [4.78, 5) is 70.6. The molecule has 3 aromatic rings. The number of H-pyrrole nitrogens is 2. The Kier molecular flexibility index (Phi) is 11.9. The van der Waals surface area contributed by atoms with Gasteiger partial charge in [0.05, 0.1) is 44.4 Å². The number of nitrogens with zero attached hydrogens (tertiary/aromatic N) is 4. The van der Waals surface area contributed by atoms with Gasteiger partial charge in [-0.05, 0) is 60.1 Å². The van der Waals surface area contributed by atoms with Gasteiger partial charge in [-0.3, -0.25) is 9.59 Å². The Morgan fingerprint density at radius 2 is 1.23 bits per heavy atom. The number of methoxy groups -OCH3 is 2. The molecule has 52 heavy (non-hydrogen) atoms. The van der Waals surface area contributed by atoms with Crippen LogP contribution >= 0.6 is 0 Å². The van der Waals surface area contributed by atoms with Crippen molar-refractivity contribution in [3.63, 3.8) is 0 Å². The zero-order chi connectivity index (χ0) is 37.7. The third kappa shape index (κ3) is 8.58. The molecule has 2 fully saturated rings. The van der Waals surface area contributed by atoms with Gasteiger partial charge in [0.15, 0.2) is 0 Å². The van der Waals surface area contributed by atoms with Crippen LogP contribution in [-0.2, 0) is 19.1 Å². The van der Waals surface area contributed by atoms with E-state index in [1.165, 1.54) is 14.2 Å². The maximum Gasteiger partial charge on any atom is 0.407 e. The van der Waals surface area contributed by atoms with Crippen molar-refractivity contribution in [3.8, 4) is 23.1 Å². The molecule has 0 radical (unpaired) electrons. The van der Waals surface area contributed by atoms with Gasteiger partial charge in [-0.15, -0.1) is 0 Å². The molecule has 5 rings (SSSR count). The van der Waals surface area contributed by atoms with E-state index in [0.29, 0.717) is 30.4 Å². The van der Waals surface area contributed by atoms with Gasteiger partial charge in [0.2, 0.25) is 11.8 Å². The lowest BCUT2D eigenvalue weighted by Gasteiger charge is -2.30. The Morgan fingerprint density at radius 1 is 0.750 bits per heavy atom. The van der Waals surface area contributed by atoms with Crippen molar-refractivity contribution in [1.82, 2.24) is 40.4 Å². The zero-order valence-corrected chi connectivity index (χ0v) is 31.1. The van der Waals surface area contributed by atoms with Gasteiger partial charge in [-0.2, -0.15) is 0 Å². The number of ether oxygens (including phenoxy) is 2. The van der Waals surface area contributed by atoms with Crippen LogP contribution in [0.25, 0.3) is 11.3 Å². The van der Waals surface area contributed by atoms with E-state index in [4.69, 9.17) is 9.47 Å². The lowest BCUT2D eigenvalue weighted by Crippen LogP contribution is -2.51. The number of carbonyl (C=O) groups is 4. The van der Waals surface area contributed by atoms with E-state index in [0.717, 1.165) is 29.7 Å². The smallest absolute Gasteiger partial charge is 0.407 e. The maximum absolute atomic E-state index is 13.6. The van der Waals surface area contributed by atoms with Crippen molar-refractivity contribution in [2.45, 2.75) is 78.6 Å². The van der Waals surface area contributed by atoms with Crippen molar-refractivity contribution in [1.29, 1.82) is 0 Å². The van der Waals surface area contributed by atoms with E-state index in [1.54, 1.807) is 22.2 Å². The van der Waals surface area contributed by atoms with Gasteiger partial charge < -0.3 is 39.9 Å². The molecule has 14 nitrogen and oxygen atoms in total. The summed E-state index contributed by atoms with van der Waals surface area (Å²) in [6, 6.07) is 5.86. The van der Waals surface area contributed by atoms with Crippen LogP contribution in [0.4, 0.5) is 9.59 Å². The molecule has 0 bridgehead atoms. The van der Waals surface area contributed by atoms with Crippen molar-refractivity contribution >= 4 is 24.0 Å². The standard InChI is InChI=1S/C38H50N8O6/c1-21(2)31(43-37(49)51-7)35(47)45-19-23(5)15-29(45)33-39-17-27(41-33)14-11-25-9-12-26(13-10-25)28-18-40-34(42-28)30-16-24(6)20-46(30)36(48)32(22(3)4)44-38(50)52-8/h9-10,12-13,17-18,21-24,29-32H,15-16,19-20H2,1-8H3,(H,39,41)(H,40,42)(H,43,49)(H,44,50)/t23-,24-,29+,30-,31-,32-/m0/s1. The summed E-state index contributed by atoms with van der Waals surface area (Å²) in [5.41, 5.74) is 3.17. The topological polar surface area (TPSA) is 175 Å². The highest BCUT2D eigenvalue weighted by atomic mass is 16.5. The van der Waals surface area contributed by atoms with Gasteiger partial charge >= 0.3 is 12.2 Å². The fraction of sp³-hybridized carbons (Fsp3) is 0.526. The minimum absolute atomic E-state index is 0.120. The summed E-state index contributed by atoms with van der Waals surface area (Å²) in [5, 5.41) is 5.38. The first-order chi connectivity index (χ1) is 24.8. The van der Waals surface area contributed by atoms with Crippen molar-refractivity contribution in [2.24, 2.45) is 23.7 Å². The lowest BCUT2D eigenvalue weighted by molar-refractivity contribution is -0.136. The van der Waals surface area contributed by atoms with E-state index in [-0.39, 0.29) is 47.6 Å². The fourth-order valence-corrected chi connectivity index (χ4v) is 6.95. The number of benzene rings is 1. The van der Waals surface area contributed by atoms with Crippen LogP contribution in [0.15, 0.2) is 36.7 Å². The van der Waals surface area contributed by atoms with E-state index in [2.05, 4.69) is 56.3 Å². The minimum atomic E-state index is -0.713. The third-order valence-corrected chi connectivity index (χ3v) is 9.73. The molecule has 0 saturated carbocycles. The number of hydrogen-bond donors (Lipinski definition) is 4. The number of rotatable bonds is 9. The SMILES string of the molecule is COC(=O)N[C@H](C(=O)N1C[C@@H](C)C[C@@H]1c1ncc(C#Cc2ccc(-c3cnc([C@@H]4C[C@H](C)CN4C(=O)[C@@H](NC(=O)OC)C(C)C)[nH]3)cc2)[nH]1)C(C)C. The molecule has 2 aromatic heterocycles. The number of aromatic nitrogens is 4. The highest BCUT2D eigenvalue weighted by Crippen LogP contribution is 2.36. The first kappa shape index (κ1) is 37.9. The molecule has 0 spiro atoms. The van der Waals surface area contributed by atoms with Crippen LogP contribution in [-0.4, -0.2) is 93.1 Å². The van der Waals surface area contributed by atoms with Gasteiger partial charge in [0.25, 0.3) is 0 Å². The second kappa shape index (κ2) is 16.4. The van der Waals surface area contributed by atoms with E-state index >= 15 is 0 Å². The summed E-state index contributed by atoms with van der Waals surface area (Å²) in [7, 11) is 2.56. The first-order valence-electron chi connectivity index (χ1n) is 17.8. The Labute approximate surface area is 304 Å². The molecular formula is C38H50N8O6. The van der Waals surface area contributed by atoms with Crippen LogP contribution in [0, 0.1) is 35.5 Å². The summed E-state index contributed by atoms with van der Waals surface area (Å²) in [6.45, 7) is 12.9. The molecule has 2 aliphatic rings. The van der Waals surface area contributed by atoms with Gasteiger partial charge in [-0.25, -0.2) is 19.6 Å². The van der Waals surface area contributed by atoms with Crippen LogP contribution in [0.5, 0.6) is 0 Å². The molecule has 14 heteroatoms. The Balaban J connectivity index is 1.26. The average Bonchev–Trinajstić information content (AvgIpc) is 3.94. The molecule has 4 heterocycles. The number of likely N-dealkylation sites (tertiary alicyclic amines) is 2. The van der Waals surface area contributed by atoms with Crippen molar-refractivity contribution in [3.05, 3.63) is 59.6 Å². The predicted octanol–water partition coefficient (Wildman–Crippen LogP) is 4.78. The Morgan fingerprint density at radius 3 is 1.71 bits per heavy atom. The summed E-state index contributed by atoms with van der Waals surface area (Å²) < 4.78 is 9.50. The molecule has 4 amide bonds. The number of hydrogen-bond acceptors (Lipinski definition) is 8. The number of nitrogens with one attached hydrogen (secondary N) is 4. The summed E-state index contributed by atoms with van der Waals surface area (Å²) >= 11 is 0. The first-order valence-corrected chi connectivity index (χ1v) is 17.8. The normalized spacial score (nSPS) is 21.0. The van der Waals surface area contributed by atoms with E-state index in [1.807, 2.05) is 52.0 Å². The van der Waals surface area contributed by atoms with Crippen molar-refractivity contribution in [2.75, 3.05) is 27.3 Å². The van der Waals surface area contributed by atoms with Crippen LogP contribution in [0.3, 0.4) is 0 Å². The number of imidazole rings is 2. The second-order valence-electron chi connectivity index (χ2n) is 14.6. The zero-order valence-electron chi connectivity index (χ0n) is 31.1. The maximum atomic E-state index is 13.6. The molecule has 0 aliphatic carbocycles. The molecule has 278 valence electrons. The largest absolute Gasteiger partial charge is 0.453 e. The fourth-order valence-electron chi connectivity index (χ4n) is 6.95. The lowest BCUT2D eigenvalue weighted by atomic mass is 10.0. The Bertz CT molecular complexity index is 1800. The molecule has 6 atom stereocenters. The number of alkyl carbamates (subject to hydrolysis) is 2. The highest BCUT2D eigenvalue weighted by molar-refractivity contribution is 5.87. The summed E-state index contributed by atoms with van der Waals surface area (Å²) in [5.74, 6) is 7.66. The minimum Gasteiger partial charge on any atom is -0.453 e. The quantitative estimate of drug-likeness (QED) is 0.229. The third-order valence-electron chi connectivity index (χ3n) is 9.73. The van der Waals surface area contributed by atoms with Crippen LogP contribution in [0.1, 0.15) is 89.4 Å². The number of aromatic amines is 2. The molecule has 1 aromatic carbocycles. The van der Waals surface area contributed by atoms with Crippen LogP contribution in [0.2, 0.25) is 0 Å². The molecule has 0 unspecified atom stereocenters. The van der Waals surface area contributed by atoms with Gasteiger partial charge in [0, 0.05) is 18.7 Å². The Hall–Kier alpha value is -5.32. The van der Waals surface area contributed by atoms with Gasteiger partial charge in [0.1, 0.15) is 29.4 Å². The number of carbonyl (C=O) groups excluding carboxylic acids is 4. The monoisotopic (exact) mass is 714 g/mol. The van der Waals surface area contributed by atoms with E-state index in [9.17, 15) is 19.2 Å². The molecular weight excluding hydrogens is 664 g/mol. The predicted molar refractivity (Wildman–Crippen MR) is 193 cm³/mol.